The first-order valence-electron chi connectivity index (χ1n) is 6.32. The summed E-state index contributed by atoms with van der Waals surface area (Å²) in [4.78, 5) is 4.19. The summed E-state index contributed by atoms with van der Waals surface area (Å²) >= 11 is 3.44. The normalized spacial score (nSPS) is 22.1. The minimum Gasteiger partial charge on any atom is -0.320 e. The molecule has 2 nitrogen and oxygen atoms in total. The van der Waals surface area contributed by atoms with E-state index in [2.05, 4.69) is 33.1 Å². The van der Waals surface area contributed by atoms with Gasteiger partial charge in [0.05, 0.1) is 6.04 Å². The van der Waals surface area contributed by atoms with Gasteiger partial charge in [-0.25, -0.2) is 0 Å². The van der Waals surface area contributed by atoms with E-state index in [1.165, 1.54) is 37.7 Å². The van der Waals surface area contributed by atoms with E-state index < -0.39 is 0 Å². The van der Waals surface area contributed by atoms with Gasteiger partial charge in [-0.2, -0.15) is 0 Å². The van der Waals surface area contributed by atoms with Gasteiger partial charge in [0.15, 0.2) is 0 Å². The maximum absolute atomic E-state index is 6.33. The predicted octanol–water partition coefficient (Wildman–Crippen LogP) is 4.12. The Morgan fingerprint density at radius 2 is 2.00 bits per heavy atom. The molecule has 0 amide bonds. The van der Waals surface area contributed by atoms with E-state index >= 15 is 0 Å². The van der Waals surface area contributed by atoms with Crippen LogP contribution in [0.1, 0.15) is 50.1 Å². The Kier molecular flexibility index (Phi) is 4.75. The SMILES string of the molecule is NC(/C1=C/CCCCCC1)c1cncc(Br)c1. The van der Waals surface area contributed by atoms with Crippen molar-refractivity contribution in [2.75, 3.05) is 0 Å². The predicted molar refractivity (Wildman–Crippen MR) is 74.7 cm³/mol. The van der Waals surface area contributed by atoms with Gasteiger partial charge < -0.3 is 5.73 Å². The second-order valence-electron chi connectivity index (χ2n) is 4.65. The maximum Gasteiger partial charge on any atom is 0.0526 e. The van der Waals surface area contributed by atoms with Gasteiger partial charge in [-0.1, -0.05) is 24.5 Å². The number of hydrogen-bond acceptors (Lipinski definition) is 2. The number of rotatable bonds is 2. The van der Waals surface area contributed by atoms with Crippen molar-refractivity contribution in [1.29, 1.82) is 0 Å². The van der Waals surface area contributed by atoms with Gasteiger partial charge in [0.1, 0.15) is 0 Å². The zero-order valence-electron chi connectivity index (χ0n) is 10.0. The van der Waals surface area contributed by atoms with Crippen LogP contribution < -0.4 is 5.73 Å². The fourth-order valence-corrected chi connectivity index (χ4v) is 2.69. The summed E-state index contributed by atoms with van der Waals surface area (Å²) < 4.78 is 0.997. The number of hydrogen-bond donors (Lipinski definition) is 1. The average Bonchev–Trinajstić information content (AvgIpc) is 2.28. The molecule has 1 heterocycles. The van der Waals surface area contributed by atoms with E-state index in [4.69, 9.17) is 5.73 Å². The highest BCUT2D eigenvalue weighted by Crippen LogP contribution is 2.27. The molecule has 1 unspecified atom stereocenters. The number of aromatic nitrogens is 1. The molecule has 0 saturated heterocycles. The lowest BCUT2D eigenvalue weighted by atomic mass is 9.92. The first-order valence-corrected chi connectivity index (χ1v) is 7.11. The van der Waals surface area contributed by atoms with E-state index in [1.54, 1.807) is 6.20 Å². The number of pyridine rings is 1. The summed E-state index contributed by atoms with van der Waals surface area (Å²) in [5.74, 6) is 0. The molecule has 0 radical (unpaired) electrons. The second-order valence-corrected chi connectivity index (χ2v) is 5.56. The maximum atomic E-state index is 6.33. The minimum absolute atomic E-state index is 0.0121. The lowest BCUT2D eigenvalue weighted by Crippen LogP contribution is -2.14. The van der Waals surface area contributed by atoms with Crippen LogP contribution in [-0.2, 0) is 0 Å². The zero-order chi connectivity index (χ0) is 12.1. The summed E-state index contributed by atoms with van der Waals surface area (Å²) in [6.45, 7) is 0. The monoisotopic (exact) mass is 294 g/mol. The van der Waals surface area contributed by atoms with Crippen LogP contribution in [0.5, 0.6) is 0 Å². The highest BCUT2D eigenvalue weighted by Gasteiger charge is 2.13. The van der Waals surface area contributed by atoms with Crippen molar-refractivity contribution in [3.8, 4) is 0 Å². The van der Waals surface area contributed by atoms with Crippen molar-refractivity contribution >= 4 is 15.9 Å². The molecule has 0 bridgehead atoms. The molecule has 0 saturated carbocycles. The first-order chi connectivity index (χ1) is 8.27. The van der Waals surface area contributed by atoms with Crippen LogP contribution >= 0.6 is 15.9 Å². The lowest BCUT2D eigenvalue weighted by molar-refractivity contribution is 0.602. The van der Waals surface area contributed by atoms with Crippen LogP contribution in [0, 0.1) is 0 Å². The van der Waals surface area contributed by atoms with Crippen molar-refractivity contribution in [2.24, 2.45) is 5.73 Å². The first kappa shape index (κ1) is 12.8. The van der Waals surface area contributed by atoms with Crippen LogP contribution in [-0.4, -0.2) is 4.98 Å². The molecule has 1 aromatic rings. The molecule has 1 aliphatic carbocycles. The Morgan fingerprint density at radius 1 is 1.18 bits per heavy atom. The second kappa shape index (κ2) is 6.31. The van der Waals surface area contributed by atoms with Gasteiger partial charge in [0.2, 0.25) is 0 Å². The number of allylic oxidation sites excluding steroid dienone is 1. The third-order valence-corrected chi connectivity index (χ3v) is 3.74. The molecule has 0 spiro atoms. The molecular formula is C14H19BrN2. The van der Waals surface area contributed by atoms with Crippen LogP contribution in [0.15, 0.2) is 34.6 Å². The average molecular weight is 295 g/mol. The van der Waals surface area contributed by atoms with E-state index in [0.717, 1.165) is 16.5 Å². The van der Waals surface area contributed by atoms with E-state index in [0.29, 0.717) is 0 Å². The van der Waals surface area contributed by atoms with Crippen LogP contribution in [0.2, 0.25) is 0 Å². The molecule has 1 atom stereocenters. The van der Waals surface area contributed by atoms with Crippen molar-refractivity contribution < 1.29 is 0 Å². The fraction of sp³-hybridized carbons (Fsp3) is 0.500. The fourth-order valence-electron chi connectivity index (χ4n) is 2.31. The van der Waals surface area contributed by atoms with Gasteiger partial charge in [0.25, 0.3) is 0 Å². The summed E-state index contributed by atoms with van der Waals surface area (Å²) in [7, 11) is 0. The topological polar surface area (TPSA) is 38.9 Å². The summed E-state index contributed by atoms with van der Waals surface area (Å²) in [5, 5.41) is 0. The summed E-state index contributed by atoms with van der Waals surface area (Å²) in [5.41, 5.74) is 8.81. The van der Waals surface area contributed by atoms with Gasteiger partial charge >= 0.3 is 0 Å². The van der Waals surface area contributed by atoms with Gasteiger partial charge in [0, 0.05) is 16.9 Å². The number of halogens is 1. The molecular weight excluding hydrogens is 276 g/mol. The molecule has 2 rings (SSSR count). The molecule has 1 aromatic heterocycles. The van der Waals surface area contributed by atoms with Crippen molar-refractivity contribution in [3.05, 3.63) is 40.1 Å². The van der Waals surface area contributed by atoms with Crippen LogP contribution in [0.3, 0.4) is 0 Å². The summed E-state index contributed by atoms with van der Waals surface area (Å²) in [6.07, 6.45) is 13.6. The number of nitrogens with two attached hydrogens (primary N) is 1. The lowest BCUT2D eigenvalue weighted by Gasteiger charge is -2.18. The molecule has 1 aliphatic rings. The molecule has 3 heteroatoms. The Balaban J connectivity index is 2.14. The van der Waals surface area contributed by atoms with Crippen molar-refractivity contribution in [1.82, 2.24) is 4.98 Å². The van der Waals surface area contributed by atoms with Crippen molar-refractivity contribution in [3.63, 3.8) is 0 Å². The Hall–Kier alpha value is -0.670. The molecule has 0 aliphatic heterocycles. The Bertz CT molecular complexity index is 401. The highest BCUT2D eigenvalue weighted by atomic mass is 79.9. The Labute approximate surface area is 111 Å². The van der Waals surface area contributed by atoms with Crippen LogP contribution in [0.25, 0.3) is 0 Å². The highest BCUT2D eigenvalue weighted by molar-refractivity contribution is 9.10. The van der Waals surface area contributed by atoms with Gasteiger partial charge in [-0.05, 0) is 53.2 Å². The third-order valence-electron chi connectivity index (χ3n) is 3.31. The van der Waals surface area contributed by atoms with Crippen LogP contribution in [0.4, 0.5) is 0 Å². The van der Waals surface area contributed by atoms with Gasteiger partial charge in [-0.3, -0.25) is 4.98 Å². The molecule has 0 aromatic carbocycles. The zero-order valence-corrected chi connectivity index (χ0v) is 11.6. The summed E-state index contributed by atoms with van der Waals surface area (Å²) in [6, 6.07) is 2.08. The van der Waals surface area contributed by atoms with E-state index in [1.807, 2.05) is 6.20 Å². The Morgan fingerprint density at radius 3 is 2.82 bits per heavy atom. The standard InChI is InChI=1S/C14H19BrN2/c15-13-8-12(9-17-10-13)14(16)11-6-4-2-1-3-5-7-11/h6,8-10,14H,1-5,7,16H2/b11-6+. The van der Waals surface area contributed by atoms with Crippen molar-refractivity contribution in [2.45, 2.75) is 44.6 Å². The molecule has 2 N–H and O–H groups in total. The van der Waals surface area contributed by atoms with E-state index in [9.17, 15) is 0 Å². The molecule has 92 valence electrons. The van der Waals surface area contributed by atoms with Gasteiger partial charge in [-0.15, -0.1) is 0 Å². The largest absolute Gasteiger partial charge is 0.320 e. The quantitative estimate of drug-likeness (QED) is 0.833. The smallest absolute Gasteiger partial charge is 0.0526 e. The molecule has 0 fully saturated rings. The molecule has 17 heavy (non-hydrogen) atoms. The third kappa shape index (κ3) is 3.65. The number of nitrogens with zero attached hydrogens (tertiary/aromatic N) is 1. The minimum atomic E-state index is 0.0121. The van der Waals surface area contributed by atoms with E-state index in [-0.39, 0.29) is 6.04 Å².